The summed E-state index contributed by atoms with van der Waals surface area (Å²) in [5.41, 5.74) is 7.73. The van der Waals surface area contributed by atoms with Crippen molar-refractivity contribution in [3.63, 3.8) is 0 Å². The second-order valence-corrected chi connectivity index (χ2v) is 7.71. The van der Waals surface area contributed by atoms with E-state index in [2.05, 4.69) is 60.2 Å². The van der Waals surface area contributed by atoms with E-state index in [0.717, 1.165) is 22.4 Å². The first kappa shape index (κ1) is 22.8. The number of nitrogens with zero attached hydrogens (tertiary/aromatic N) is 2. The molecule has 0 spiro atoms. The van der Waals surface area contributed by atoms with Crippen molar-refractivity contribution in [1.82, 2.24) is 9.97 Å². The molecule has 4 heteroatoms. The maximum absolute atomic E-state index is 11.1. The molecule has 2 heterocycles. The van der Waals surface area contributed by atoms with Crippen LogP contribution in [0, 0.1) is 13.8 Å². The maximum atomic E-state index is 11.1. The van der Waals surface area contributed by atoms with Gasteiger partial charge in [0.25, 0.3) is 0 Å². The Morgan fingerprint density at radius 2 is 1.12 bits per heavy atom. The molecule has 0 saturated carbocycles. The Hall–Kier alpha value is -3.92. The number of carbonyl (C=O) groups excluding carboxylic acids is 2. The molecule has 2 aromatic heterocycles. The average Bonchev–Trinajstić information content (AvgIpc) is 2.81. The van der Waals surface area contributed by atoms with E-state index >= 15 is 0 Å². The van der Waals surface area contributed by atoms with E-state index < -0.39 is 0 Å². The number of Topliss-reactive ketones (excluding diaryl/α,β-unsaturated/α-hetero) is 2. The van der Waals surface area contributed by atoms with Crippen LogP contribution in [-0.4, -0.2) is 21.5 Å². The Labute approximate surface area is 189 Å². The summed E-state index contributed by atoms with van der Waals surface area (Å²) in [7, 11) is 0. The first-order valence-corrected chi connectivity index (χ1v) is 10.4. The van der Waals surface area contributed by atoms with Crippen molar-refractivity contribution in [3.8, 4) is 22.4 Å². The molecule has 0 radical (unpaired) electrons. The SMILES string of the molecule is CC(=O)c1ccc(-c2ccc(C)cc2)cn1.CC(=O)c1ccc(-c2ccc(C)cc2)nc1. The second kappa shape index (κ2) is 10.4. The Bertz CT molecular complexity index is 1090. The monoisotopic (exact) mass is 422 g/mol. The molecule has 0 aliphatic heterocycles. The lowest BCUT2D eigenvalue weighted by molar-refractivity contribution is 0.100. The van der Waals surface area contributed by atoms with Crippen molar-refractivity contribution in [3.05, 3.63) is 108 Å². The first-order chi connectivity index (χ1) is 15.3. The number of pyridine rings is 2. The number of aromatic nitrogens is 2. The molecule has 2 aromatic carbocycles. The highest BCUT2D eigenvalue weighted by Gasteiger charge is 2.03. The standard InChI is InChI=1S/2C14H13NO/c1-10-3-5-12(6-4-10)13-7-8-14(11(2)16)15-9-13;1-10-3-5-12(6-4-10)14-8-7-13(9-15-14)11(2)16/h2*3-9H,1-2H3. The topological polar surface area (TPSA) is 59.9 Å². The van der Waals surface area contributed by atoms with E-state index in [4.69, 9.17) is 0 Å². The number of rotatable bonds is 4. The highest BCUT2D eigenvalue weighted by molar-refractivity contribution is 5.94. The van der Waals surface area contributed by atoms with Crippen molar-refractivity contribution in [1.29, 1.82) is 0 Å². The molecular weight excluding hydrogens is 396 g/mol. The van der Waals surface area contributed by atoms with Crippen LogP contribution >= 0.6 is 0 Å². The average molecular weight is 423 g/mol. The van der Waals surface area contributed by atoms with Crippen LogP contribution in [0.2, 0.25) is 0 Å². The molecule has 4 rings (SSSR count). The molecule has 4 aromatic rings. The van der Waals surface area contributed by atoms with Crippen molar-refractivity contribution in [2.45, 2.75) is 27.7 Å². The smallest absolute Gasteiger partial charge is 0.178 e. The summed E-state index contributed by atoms with van der Waals surface area (Å²) in [4.78, 5) is 30.6. The zero-order chi connectivity index (χ0) is 23.1. The molecule has 0 amide bonds. The molecule has 0 bridgehead atoms. The summed E-state index contributed by atoms with van der Waals surface area (Å²) in [5.74, 6) is 0.0402. The van der Waals surface area contributed by atoms with Gasteiger partial charge in [0.15, 0.2) is 11.6 Å². The highest BCUT2D eigenvalue weighted by atomic mass is 16.1. The minimum atomic E-state index is -0.00421. The third-order valence-corrected chi connectivity index (χ3v) is 5.03. The van der Waals surface area contributed by atoms with Gasteiger partial charge in [0.2, 0.25) is 0 Å². The molecule has 32 heavy (non-hydrogen) atoms. The number of aryl methyl sites for hydroxylation is 2. The molecule has 0 saturated heterocycles. The second-order valence-electron chi connectivity index (χ2n) is 7.71. The summed E-state index contributed by atoms with van der Waals surface area (Å²) in [6.07, 6.45) is 3.36. The van der Waals surface area contributed by atoms with E-state index in [9.17, 15) is 9.59 Å². The molecule has 0 N–H and O–H groups in total. The summed E-state index contributed by atoms with van der Waals surface area (Å²) < 4.78 is 0. The van der Waals surface area contributed by atoms with E-state index in [1.807, 2.05) is 30.3 Å². The highest BCUT2D eigenvalue weighted by Crippen LogP contribution is 2.19. The van der Waals surface area contributed by atoms with E-state index in [-0.39, 0.29) is 11.6 Å². The van der Waals surface area contributed by atoms with Crippen molar-refractivity contribution < 1.29 is 9.59 Å². The van der Waals surface area contributed by atoms with Crippen molar-refractivity contribution in [2.75, 3.05) is 0 Å². The van der Waals surface area contributed by atoms with Crippen LogP contribution in [0.5, 0.6) is 0 Å². The summed E-state index contributed by atoms with van der Waals surface area (Å²) in [6, 6.07) is 23.8. The fraction of sp³-hybridized carbons (Fsp3) is 0.143. The third kappa shape index (κ3) is 6.05. The van der Waals surface area contributed by atoms with Gasteiger partial charge < -0.3 is 0 Å². The molecule has 160 valence electrons. The maximum Gasteiger partial charge on any atom is 0.178 e. The quantitative estimate of drug-likeness (QED) is 0.351. The van der Waals surface area contributed by atoms with Gasteiger partial charge >= 0.3 is 0 Å². The van der Waals surface area contributed by atoms with Crippen LogP contribution in [0.3, 0.4) is 0 Å². The van der Waals surface area contributed by atoms with E-state index in [1.165, 1.54) is 18.1 Å². The minimum Gasteiger partial charge on any atom is -0.294 e. The van der Waals surface area contributed by atoms with Crippen LogP contribution in [0.4, 0.5) is 0 Å². The molecule has 0 aliphatic rings. The molecule has 0 atom stereocenters. The van der Waals surface area contributed by atoms with Gasteiger partial charge in [-0.2, -0.15) is 0 Å². The Balaban J connectivity index is 0.000000181. The van der Waals surface area contributed by atoms with E-state index in [1.54, 1.807) is 25.4 Å². The summed E-state index contributed by atoms with van der Waals surface area (Å²) in [6.45, 7) is 7.17. The predicted octanol–water partition coefficient (Wildman–Crippen LogP) is 6.52. The Morgan fingerprint density at radius 3 is 1.56 bits per heavy atom. The van der Waals surface area contributed by atoms with Gasteiger partial charge in [-0.05, 0) is 44.5 Å². The minimum absolute atomic E-state index is 0.00421. The largest absolute Gasteiger partial charge is 0.294 e. The van der Waals surface area contributed by atoms with Gasteiger partial charge in [-0.1, -0.05) is 65.7 Å². The van der Waals surface area contributed by atoms with Gasteiger partial charge in [-0.3, -0.25) is 19.6 Å². The predicted molar refractivity (Wildman–Crippen MR) is 129 cm³/mol. The lowest BCUT2D eigenvalue weighted by Gasteiger charge is -2.02. The fourth-order valence-electron chi connectivity index (χ4n) is 3.02. The van der Waals surface area contributed by atoms with Gasteiger partial charge in [0.1, 0.15) is 5.69 Å². The van der Waals surface area contributed by atoms with Gasteiger partial charge in [0.05, 0.1) is 5.69 Å². The number of hydrogen-bond donors (Lipinski definition) is 0. The van der Waals surface area contributed by atoms with Crippen LogP contribution in [0.15, 0.2) is 85.2 Å². The molecular formula is C28H26N2O2. The molecule has 0 fully saturated rings. The summed E-state index contributed by atoms with van der Waals surface area (Å²) >= 11 is 0. The number of ketones is 2. The fourth-order valence-corrected chi connectivity index (χ4v) is 3.02. The van der Waals surface area contributed by atoms with Crippen LogP contribution in [0.25, 0.3) is 22.4 Å². The zero-order valence-electron chi connectivity index (χ0n) is 18.8. The number of hydrogen-bond acceptors (Lipinski definition) is 4. The first-order valence-electron chi connectivity index (χ1n) is 10.4. The Morgan fingerprint density at radius 1 is 0.562 bits per heavy atom. The van der Waals surface area contributed by atoms with Gasteiger partial charge in [0, 0.05) is 36.0 Å². The molecule has 0 unspecified atom stereocenters. The van der Waals surface area contributed by atoms with Crippen molar-refractivity contribution in [2.24, 2.45) is 0 Å². The lowest BCUT2D eigenvalue weighted by atomic mass is 10.1. The van der Waals surface area contributed by atoms with Crippen LogP contribution < -0.4 is 0 Å². The number of benzene rings is 2. The van der Waals surface area contributed by atoms with E-state index in [0.29, 0.717) is 11.3 Å². The van der Waals surface area contributed by atoms with Gasteiger partial charge in [-0.15, -0.1) is 0 Å². The van der Waals surface area contributed by atoms with Gasteiger partial charge in [-0.25, -0.2) is 0 Å². The van der Waals surface area contributed by atoms with Crippen LogP contribution in [-0.2, 0) is 0 Å². The molecule has 0 aliphatic carbocycles. The lowest BCUT2D eigenvalue weighted by Crippen LogP contribution is -1.95. The number of carbonyl (C=O) groups is 2. The zero-order valence-corrected chi connectivity index (χ0v) is 18.8. The summed E-state index contributed by atoms with van der Waals surface area (Å²) in [5, 5.41) is 0. The van der Waals surface area contributed by atoms with Crippen molar-refractivity contribution >= 4 is 11.6 Å². The van der Waals surface area contributed by atoms with Crippen LogP contribution in [0.1, 0.15) is 45.8 Å². The molecule has 4 nitrogen and oxygen atoms in total. The normalized spacial score (nSPS) is 10.1. The Kier molecular flexibility index (Phi) is 7.40. The third-order valence-electron chi connectivity index (χ3n) is 5.03.